The Kier molecular flexibility index (Phi) is 2.88. The molecule has 0 fully saturated rings. The number of nitrogens with one attached hydrogen (secondary N) is 1. The van der Waals surface area contributed by atoms with Gasteiger partial charge in [-0.1, -0.05) is 0 Å². The van der Waals surface area contributed by atoms with E-state index in [-0.39, 0.29) is 5.91 Å². The average Bonchev–Trinajstić information content (AvgIpc) is 2.75. The number of nitrogens with zero attached hydrogens (tertiary/aromatic N) is 2. The lowest BCUT2D eigenvalue weighted by Crippen LogP contribution is -2.10. The Bertz CT molecular complexity index is 491. The molecule has 2 aromatic rings. The zero-order chi connectivity index (χ0) is 10.8. The minimum atomic E-state index is -0.120. The first-order chi connectivity index (χ1) is 7.15. The van der Waals surface area contributed by atoms with E-state index in [0.717, 1.165) is 3.79 Å². The third-order valence-electron chi connectivity index (χ3n) is 1.79. The van der Waals surface area contributed by atoms with Gasteiger partial charge in [-0.3, -0.25) is 9.48 Å². The number of aryl methyl sites for hydroxylation is 1. The van der Waals surface area contributed by atoms with E-state index in [9.17, 15) is 4.79 Å². The predicted octanol–water partition coefficient (Wildman–Crippen LogP) is 2.50. The average molecular weight is 286 g/mol. The Morgan fingerprint density at radius 2 is 2.47 bits per heavy atom. The first kappa shape index (κ1) is 10.4. The highest BCUT2D eigenvalue weighted by atomic mass is 79.9. The number of hydrogen-bond acceptors (Lipinski definition) is 3. The van der Waals surface area contributed by atoms with Gasteiger partial charge in [0.15, 0.2) is 0 Å². The molecule has 0 radical (unpaired) electrons. The van der Waals surface area contributed by atoms with Crippen LogP contribution >= 0.6 is 27.3 Å². The number of hydrogen-bond donors (Lipinski definition) is 1. The van der Waals surface area contributed by atoms with E-state index in [1.165, 1.54) is 11.3 Å². The van der Waals surface area contributed by atoms with Crippen molar-refractivity contribution < 1.29 is 4.79 Å². The van der Waals surface area contributed by atoms with Gasteiger partial charge in [-0.2, -0.15) is 5.10 Å². The van der Waals surface area contributed by atoms with Gasteiger partial charge in [0.2, 0.25) is 0 Å². The van der Waals surface area contributed by atoms with E-state index in [1.54, 1.807) is 35.6 Å². The van der Waals surface area contributed by atoms with Crippen LogP contribution in [0.2, 0.25) is 0 Å². The lowest BCUT2D eigenvalue weighted by molar-refractivity contribution is 0.102. The van der Waals surface area contributed by atoms with Gasteiger partial charge in [0.1, 0.15) is 0 Å². The molecular formula is C9H8BrN3OS. The number of thiophene rings is 1. The summed E-state index contributed by atoms with van der Waals surface area (Å²) in [5.41, 5.74) is 1.35. The van der Waals surface area contributed by atoms with Crippen molar-refractivity contribution in [1.29, 1.82) is 0 Å². The zero-order valence-electron chi connectivity index (χ0n) is 7.90. The third kappa shape index (κ3) is 2.45. The van der Waals surface area contributed by atoms with Gasteiger partial charge in [-0.25, -0.2) is 0 Å². The molecule has 2 rings (SSSR count). The van der Waals surface area contributed by atoms with E-state index in [1.807, 2.05) is 0 Å². The van der Waals surface area contributed by atoms with Crippen LogP contribution in [0.3, 0.4) is 0 Å². The summed E-state index contributed by atoms with van der Waals surface area (Å²) in [4.78, 5) is 11.7. The van der Waals surface area contributed by atoms with E-state index >= 15 is 0 Å². The largest absolute Gasteiger partial charge is 0.319 e. The van der Waals surface area contributed by atoms with Gasteiger partial charge < -0.3 is 5.32 Å². The molecule has 6 heteroatoms. The number of rotatable bonds is 2. The molecule has 1 N–H and O–H groups in total. The molecule has 2 heterocycles. The van der Waals surface area contributed by atoms with Gasteiger partial charge in [0.05, 0.1) is 21.2 Å². The van der Waals surface area contributed by atoms with Crippen LogP contribution in [0.15, 0.2) is 27.6 Å². The maximum Gasteiger partial charge on any atom is 0.256 e. The Labute approximate surface area is 99.0 Å². The number of amides is 1. The van der Waals surface area contributed by atoms with Gasteiger partial charge >= 0.3 is 0 Å². The second kappa shape index (κ2) is 4.16. The Morgan fingerprint density at radius 3 is 3.00 bits per heavy atom. The molecule has 0 aliphatic rings. The lowest BCUT2D eigenvalue weighted by Gasteiger charge is -1.98. The van der Waals surface area contributed by atoms with Crippen molar-refractivity contribution in [2.75, 3.05) is 5.32 Å². The summed E-state index contributed by atoms with van der Waals surface area (Å²) < 4.78 is 2.58. The predicted molar refractivity (Wildman–Crippen MR) is 63.2 cm³/mol. The maximum atomic E-state index is 11.7. The van der Waals surface area contributed by atoms with E-state index in [4.69, 9.17) is 0 Å². The van der Waals surface area contributed by atoms with Gasteiger partial charge in [-0.05, 0) is 22.0 Å². The molecule has 4 nitrogen and oxygen atoms in total. The normalized spacial score (nSPS) is 10.3. The van der Waals surface area contributed by atoms with Gasteiger partial charge in [0, 0.05) is 18.6 Å². The first-order valence-corrected chi connectivity index (χ1v) is 5.86. The van der Waals surface area contributed by atoms with Crippen LogP contribution in [0.4, 0.5) is 5.69 Å². The molecule has 15 heavy (non-hydrogen) atoms. The Morgan fingerprint density at radius 1 is 1.67 bits per heavy atom. The minimum Gasteiger partial charge on any atom is -0.319 e. The standard InChI is InChI=1S/C9H8BrN3OS/c1-13-4-7(3-11-13)12-9(14)6-2-8(10)15-5-6/h2-5H,1H3,(H,12,14). The summed E-state index contributed by atoms with van der Waals surface area (Å²) in [6.45, 7) is 0. The van der Waals surface area contributed by atoms with Crippen LogP contribution in [0.25, 0.3) is 0 Å². The molecule has 0 aromatic carbocycles. The number of carbonyl (C=O) groups excluding carboxylic acids is 1. The molecule has 78 valence electrons. The molecule has 0 saturated heterocycles. The quantitative estimate of drug-likeness (QED) is 0.922. The van der Waals surface area contributed by atoms with Crippen LogP contribution in [-0.2, 0) is 7.05 Å². The van der Waals surface area contributed by atoms with Crippen molar-refractivity contribution in [2.24, 2.45) is 7.05 Å². The van der Waals surface area contributed by atoms with Crippen molar-refractivity contribution in [2.45, 2.75) is 0 Å². The van der Waals surface area contributed by atoms with E-state index in [2.05, 4.69) is 26.3 Å². The van der Waals surface area contributed by atoms with Crippen molar-refractivity contribution >= 4 is 38.9 Å². The summed E-state index contributed by atoms with van der Waals surface area (Å²) in [6.07, 6.45) is 3.36. The van der Waals surface area contributed by atoms with Crippen molar-refractivity contribution in [3.8, 4) is 0 Å². The monoisotopic (exact) mass is 285 g/mol. The van der Waals surface area contributed by atoms with Crippen molar-refractivity contribution in [3.63, 3.8) is 0 Å². The molecular weight excluding hydrogens is 278 g/mol. The Hall–Kier alpha value is -1.14. The van der Waals surface area contributed by atoms with Crippen LogP contribution < -0.4 is 5.32 Å². The zero-order valence-corrected chi connectivity index (χ0v) is 10.3. The summed E-state index contributed by atoms with van der Waals surface area (Å²) in [5, 5.41) is 8.52. The highest BCUT2D eigenvalue weighted by molar-refractivity contribution is 9.11. The number of carbonyl (C=O) groups is 1. The van der Waals surface area contributed by atoms with Crippen LogP contribution in [0, 0.1) is 0 Å². The molecule has 0 aliphatic heterocycles. The van der Waals surface area contributed by atoms with Gasteiger partial charge in [-0.15, -0.1) is 11.3 Å². The Balaban J connectivity index is 2.10. The fourth-order valence-electron chi connectivity index (χ4n) is 1.12. The van der Waals surface area contributed by atoms with Crippen LogP contribution in [-0.4, -0.2) is 15.7 Å². The molecule has 0 aliphatic carbocycles. The smallest absolute Gasteiger partial charge is 0.256 e. The second-order valence-electron chi connectivity index (χ2n) is 3.00. The van der Waals surface area contributed by atoms with Crippen LogP contribution in [0.1, 0.15) is 10.4 Å². The summed E-state index contributed by atoms with van der Waals surface area (Å²) in [6, 6.07) is 1.79. The maximum absolute atomic E-state index is 11.7. The molecule has 0 unspecified atom stereocenters. The fourth-order valence-corrected chi connectivity index (χ4v) is 2.25. The van der Waals surface area contributed by atoms with E-state index in [0.29, 0.717) is 11.3 Å². The lowest BCUT2D eigenvalue weighted by atomic mass is 10.3. The van der Waals surface area contributed by atoms with Gasteiger partial charge in [0.25, 0.3) is 5.91 Å². The topological polar surface area (TPSA) is 46.9 Å². The third-order valence-corrected chi connectivity index (χ3v) is 3.30. The SMILES string of the molecule is Cn1cc(NC(=O)c2csc(Br)c2)cn1. The molecule has 0 spiro atoms. The van der Waals surface area contributed by atoms with Crippen LogP contribution in [0.5, 0.6) is 0 Å². The summed E-state index contributed by atoms with van der Waals surface area (Å²) in [5.74, 6) is -0.120. The summed E-state index contributed by atoms with van der Waals surface area (Å²) >= 11 is 4.80. The molecule has 0 bridgehead atoms. The molecule has 0 saturated carbocycles. The molecule has 0 atom stereocenters. The van der Waals surface area contributed by atoms with E-state index < -0.39 is 0 Å². The second-order valence-corrected chi connectivity index (χ2v) is 5.29. The first-order valence-electron chi connectivity index (χ1n) is 4.19. The number of halogens is 1. The number of aromatic nitrogens is 2. The van der Waals surface area contributed by atoms with Crippen molar-refractivity contribution in [1.82, 2.24) is 9.78 Å². The number of anilines is 1. The highest BCUT2D eigenvalue weighted by Crippen LogP contribution is 2.21. The highest BCUT2D eigenvalue weighted by Gasteiger charge is 2.08. The summed E-state index contributed by atoms with van der Waals surface area (Å²) in [7, 11) is 1.80. The fraction of sp³-hybridized carbons (Fsp3) is 0.111. The molecule has 2 aromatic heterocycles. The minimum absolute atomic E-state index is 0.120. The van der Waals surface area contributed by atoms with Crippen molar-refractivity contribution in [3.05, 3.63) is 33.2 Å². The molecule has 1 amide bonds.